The molecule has 0 aliphatic carbocycles. The number of halogens is 2. The highest BCUT2D eigenvalue weighted by molar-refractivity contribution is 14.0. The van der Waals surface area contributed by atoms with Crippen molar-refractivity contribution in [3.63, 3.8) is 0 Å². The number of rotatable bonds is 8. The summed E-state index contributed by atoms with van der Waals surface area (Å²) in [5.74, 6) is 1.28. The molecule has 1 aromatic rings. The fourth-order valence-corrected chi connectivity index (χ4v) is 2.55. The topological polar surface area (TPSA) is 65.5 Å². The molecule has 3 N–H and O–H groups in total. The van der Waals surface area contributed by atoms with Gasteiger partial charge in [0.2, 0.25) is 5.91 Å². The van der Waals surface area contributed by atoms with Gasteiger partial charge in [0.25, 0.3) is 0 Å². The monoisotopic (exact) mass is 480 g/mol. The molecule has 0 atom stereocenters. The molecule has 0 spiro atoms. The van der Waals surface area contributed by atoms with E-state index in [0.717, 1.165) is 30.9 Å². The Labute approximate surface area is 173 Å². The van der Waals surface area contributed by atoms with Crippen molar-refractivity contribution in [1.29, 1.82) is 0 Å². The van der Waals surface area contributed by atoms with Crippen LogP contribution in [0.4, 0.5) is 5.69 Å². The third kappa shape index (κ3) is 9.30. The van der Waals surface area contributed by atoms with Crippen LogP contribution in [0.5, 0.6) is 0 Å². The maximum absolute atomic E-state index is 12.0. The lowest BCUT2D eigenvalue weighted by atomic mass is 10.0. The lowest BCUT2D eigenvalue weighted by Crippen LogP contribution is -2.40. The molecule has 0 unspecified atom stereocenters. The Hall–Kier alpha value is -1.02. The number of carbonyl (C=O) groups excluding carboxylic acids is 1. The predicted octanol–water partition coefficient (Wildman–Crippen LogP) is 4.20. The molecule has 0 bridgehead atoms. The van der Waals surface area contributed by atoms with Gasteiger partial charge in [-0.05, 0) is 30.5 Å². The number of hydrogen-bond acceptors (Lipinski definition) is 2. The molecule has 7 heteroatoms. The first-order valence-electron chi connectivity index (χ1n) is 8.50. The fourth-order valence-electron chi connectivity index (χ4n) is 2.27. The van der Waals surface area contributed by atoms with Crippen LogP contribution in [-0.4, -0.2) is 32.0 Å². The first kappa shape index (κ1) is 24.0. The second kappa shape index (κ2) is 13.2. The number of nitrogens with zero attached hydrogens (tertiary/aromatic N) is 1. The van der Waals surface area contributed by atoms with E-state index in [1.165, 1.54) is 0 Å². The molecule has 0 heterocycles. The molecule has 0 aliphatic rings. The third-order valence-electron chi connectivity index (χ3n) is 3.98. The molecular formula is C18H30ClIN4O. The number of aliphatic imine (C=N–C) groups is 1. The largest absolute Gasteiger partial charge is 0.356 e. The molecule has 1 amide bonds. The van der Waals surface area contributed by atoms with Gasteiger partial charge in [0.1, 0.15) is 0 Å². The zero-order valence-electron chi connectivity index (χ0n) is 15.5. The van der Waals surface area contributed by atoms with Gasteiger partial charge in [0, 0.05) is 26.6 Å². The van der Waals surface area contributed by atoms with Gasteiger partial charge in [-0.3, -0.25) is 9.79 Å². The number of benzene rings is 1. The highest BCUT2D eigenvalue weighted by Crippen LogP contribution is 2.22. The summed E-state index contributed by atoms with van der Waals surface area (Å²) in [6, 6.07) is 5.57. The molecule has 0 saturated carbocycles. The fraction of sp³-hybridized carbons (Fsp3) is 0.556. The van der Waals surface area contributed by atoms with Crippen LogP contribution >= 0.6 is 35.6 Å². The highest BCUT2D eigenvalue weighted by atomic mass is 127. The van der Waals surface area contributed by atoms with Crippen molar-refractivity contribution in [2.45, 2.75) is 40.0 Å². The maximum atomic E-state index is 12.0. The van der Waals surface area contributed by atoms with Crippen LogP contribution < -0.4 is 16.0 Å². The Balaban J connectivity index is 0.00000576. The smallest absolute Gasteiger partial charge is 0.226 e. The second-order valence-corrected chi connectivity index (χ2v) is 6.25. The van der Waals surface area contributed by atoms with Gasteiger partial charge in [-0.25, -0.2) is 0 Å². The van der Waals surface area contributed by atoms with Crippen LogP contribution in [-0.2, 0) is 4.79 Å². The van der Waals surface area contributed by atoms with Crippen molar-refractivity contribution in [2.75, 3.05) is 25.5 Å². The van der Waals surface area contributed by atoms with Gasteiger partial charge in [-0.15, -0.1) is 24.0 Å². The van der Waals surface area contributed by atoms with Crippen LogP contribution in [0.2, 0.25) is 5.02 Å². The third-order valence-corrected chi connectivity index (χ3v) is 4.29. The average molecular weight is 481 g/mol. The van der Waals surface area contributed by atoms with Gasteiger partial charge in [0.05, 0.1) is 10.7 Å². The summed E-state index contributed by atoms with van der Waals surface area (Å²) < 4.78 is 0. The lowest BCUT2D eigenvalue weighted by Gasteiger charge is -2.16. The first-order valence-corrected chi connectivity index (χ1v) is 8.88. The van der Waals surface area contributed by atoms with Gasteiger partial charge < -0.3 is 16.0 Å². The van der Waals surface area contributed by atoms with Gasteiger partial charge in [-0.1, -0.05) is 44.4 Å². The number of carbonyl (C=O) groups is 1. The number of amides is 1. The van der Waals surface area contributed by atoms with E-state index in [0.29, 0.717) is 29.6 Å². The van der Waals surface area contributed by atoms with Crippen molar-refractivity contribution >= 4 is 53.1 Å². The summed E-state index contributed by atoms with van der Waals surface area (Å²) in [5.41, 5.74) is 1.70. The normalized spacial score (nSPS) is 11.0. The van der Waals surface area contributed by atoms with Crippen molar-refractivity contribution in [2.24, 2.45) is 10.9 Å². The quantitative estimate of drug-likeness (QED) is 0.297. The van der Waals surface area contributed by atoms with Gasteiger partial charge in [-0.2, -0.15) is 0 Å². The van der Waals surface area contributed by atoms with Crippen molar-refractivity contribution in [3.8, 4) is 0 Å². The summed E-state index contributed by atoms with van der Waals surface area (Å²) in [4.78, 5) is 16.2. The minimum absolute atomic E-state index is 0. The minimum atomic E-state index is -0.0799. The predicted molar refractivity (Wildman–Crippen MR) is 118 cm³/mol. The summed E-state index contributed by atoms with van der Waals surface area (Å²) in [6.45, 7) is 7.73. The van der Waals surface area contributed by atoms with Crippen molar-refractivity contribution < 1.29 is 4.79 Å². The Kier molecular flexibility index (Phi) is 12.7. The zero-order valence-corrected chi connectivity index (χ0v) is 18.6. The number of anilines is 1. The van der Waals surface area contributed by atoms with E-state index in [1.54, 1.807) is 7.05 Å². The summed E-state index contributed by atoms with van der Waals surface area (Å²) in [5, 5.41) is 9.84. The van der Waals surface area contributed by atoms with Crippen LogP contribution in [0.25, 0.3) is 0 Å². The number of nitrogens with one attached hydrogen (secondary N) is 3. The molecule has 1 rings (SSSR count). The van der Waals surface area contributed by atoms with E-state index in [1.807, 2.05) is 25.1 Å². The van der Waals surface area contributed by atoms with Gasteiger partial charge in [0.15, 0.2) is 5.96 Å². The Morgan fingerprint density at radius 3 is 2.48 bits per heavy atom. The zero-order chi connectivity index (χ0) is 17.9. The van der Waals surface area contributed by atoms with Gasteiger partial charge >= 0.3 is 0 Å². The molecule has 0 aromatic heterocycles. The maximum Gasteiger partial charge on any atom is 0.226 e. The summed E-state index contributed by atoms with van der Waals surface area (Å²) >= 11 is 6.12. The molecule has 5 nitrogen and oxygen atoms in total. The van der Waals surface area contributed by atoms with E-state index in [4.69, 9.17) is 11.6 Å². The van der Waals surface area contributed by atoms with E-state index >= 15 is 0 Å². The Bertz CT molecular complexity index is 562. The van der Waals surface area contributed by atoms with E-state index < -0.39 is 0 Å². The standard InChI is InChI=1S/C18H29ClN4O.HI/c1-5-14(6-2)12-22-18(20-4)21-10-9-17(24)23-16-8-7-13(3)11-15(16)19;/h7-8,11,14H,5-6,9-10,12H2,1-4H3,(H,23,24)(H2,20,21,22);1H. The van der Waals surface area contributed by atoms with E-state index in [-0.39, 0.29) is 29.9 Å². The van der Waals surface area contributed by atoms with Crippen LogP contribution in [0.3, 0.4) is 0 Å². The number of hydrogen-bond donors (Lipinski definition) is 3. The van der Waals surface area contributed by atoms with Crippen molar-refractivity contribution in [3.05, 3.63) is 28.8 Å². The lowest BCUT2D eigenvalue weighted by molar-refractivity contribution is -0.116. The molecule has 0 fully saturated rings. The van der Waals surface area contributed by atoms with Crippen LogP contribution in [0.1, 0.15) is 38.7 Å². The minimum Gasteiger partial charge on any atom is -0.356 e. The first-order chi connectivity index (χ1) is 11.5. The highest BCUT2D eigenvalue weighted by Gasteiger charge is 2.08. The average Bonchev–Trinajstić information content (AvgIpc) is 2.56. The molecule has 1 aromatic carbocycles. The summed E-state index contributed by atoms with van der Waals surface area (Å²) in [7, 11) is 1.73. The van der Waals surface area contributed by atoms with Crippen LogP contribution in [0, 0.1) is 12.8 Å². The summed E-state index contributed by atoms with van der Waals surface area (Å²) in [6.07, 6.45) is 2.62. The Morgan fingerprint density at radius 1 is 1.24 bits per heavy atom. The Morgan fingerprint density at radius 2 is 1.92 bits per heavy atom. The molecular weight excluding hydrogens is 451 g/mol. The second-order valence-electron chi connectivity index (χ2n) is 5.84. The van der Waals surface area contributed by atoms with Crippen LogP contribution in [0.15, 0.2) is 23.2 Å². The molecule has 25 heavy (non-hydrogen) atoms. The van der Waals surface area contributed by atoms with Crippen molar-refractivity contribution in [1.82, 2.24) is 10.6 Å². The van der Waals surface area contributed by atoms with E-state index in [9.17, 15) is 4.79 Å². The molecule has 0 saturated heterocycles. The van der Waals surface area contributed by atoms with E-state index in [2.05, 4.69) is 34.8 Å². The number of aryl methyl sites for hydroxylation is 1. The SMILES string of the molecule is CCC(CC)CNC(=NC)NCCC(=O)Nc1ccc(C)cc1Cl.I. The molecule has 0 radical (unpaired) electrons. The molecule has 142 valence electrons. The molecule has 0 aliphatic heterocycles. The number of guanidine groups is 1.